The zero-order chi connectivity index (χ0) is 19.8. The Labute approximate surface area is 167 Å². The maximum absolute atomic E-state index is 13.6. The Morgan fingerprint density at radius 1 is 1.25 bits per heavy atom. The Hall–Kier alpha value is -1.91. The first kappa shape index (κ1) is 19.4. The molecule has 4 atom stereocenters. The van der Waals surface area contributed by atoms with E-state index in [4.69, 9.17) is 0 Å². The molecular formula is C23H31FN2O2. The number of hydrogen-bond acceptors (Lipinski definition) is 2. The second kappa shape index (κ2) is 7.84. The van der Waals surface area contributed by atoms with Crippen molar-refractivity contribution in [3.63, 3.8) is 0 Å². The van der Waals surface area contributed by atoms with Crippen molar-refractivity contribution in [1.82, 2.24) is 9.80 Å². The van der Waals surface area contributed by atoms with Crippen molar-refractivity contribution in [2.45, 2.75) is 64.5 Å². The van der Waals surface area contributed by atoms with E-state index >= 15 is 0 Å². The SMILES string of the molecule is CC(C)CC[C@H]1[C@H]2C[C@H](CN(C(=O)c3cccc(F)c3)C2)[C@@H]2CCCC(=O)N21. The van der Waals surface area contributed by atoms with Crippen LogP contribution in [0.25, 0.3) is 0 Å². The molecule has 0 N–H and O–H groups in total. The van der Waals surface area contributed by atoms with E-state index in [1.165, 1.54) is 12.1 Å². The Balaban J connectivity index is 1.58. The van der Waals surface area contributed by atoms with Crippen LogP contribution in [0.3, 0.4) is 0 Å². The van der Waals surface area contributed by atoms with Crippen LogP contribution < -0.4 is 0 Å². The van der Waals surface area contributed by atoms with Crippen LogP contribution >= 0.6 is 0 Å². The van der Waals surface area contributed by atoms with Crippen LogP contribution in [0.1, 0.15) is 62.7 Å². The number of amides is 2. The summed E-state index contributed by atoms with van der Waals surface area (Å²) in [6.07, 6.45) is 5.88. The van der Waals surface area contributed by atoms with E-state index < -0.39 is 0 Å². The molecule has 3 aliphatic heterocycles. The Bertz CT molecular complexity index is 750. The lowest BCUT2D eigenvalue weighted by Crippen LogP contribution is -2.65. The highest BCUT2D eigenvalue weighted by Crippen LogP contribution is 2.43. The van der Waals surface area contributed by atoms with Gasteiger partial charge in [0.2, 0.25) is 5.91 Å². The molecule has 3 saturated heterocycles. The lowest BCUT2D eigenvalue weighted by Gasteiger charge is -2.56. The third-order valence-corrected chi connectivity index (χ3v) is 6.90. The Kier molecular flexibility index (Phi) is 5.44. The van der Waals surface area contributed by atoms with Crippen molar-refractivity contribution in [1.29, 1.82) is 0 Å². The second-order valence-electron chi connectivity index (χ2n) is 9.28. The molecule has 0 aromatic heterocycles. The minimum Gasteiger partial charge on any atom is -0.338 e. The summed E-state index contributed by atoms with van der Waals surface area (Å²) in [6.45, 7) is 5.80. The maximum Gasteiger partial charge on any atom is 0.253 e. The summed E-state index contributed by atoms with van der Waals surface area (Å²) in [7, 11) is 0. The average Bonchev–Trinajstić information content (AvgIpc) is 2.67. The molecule has 0 unspecified atom stereocenters. The van der Waals surface area contributed by atoms with Crippen LogP contribution in [0, 0.1) is 23.6 Å². The summed E-state index contributed by atoms with van der Waals surface area (Å²) in [5, 5.41) is 0. The standard InChI is InChI=1S/C23H31FN2O2/c1-15(2)9-10-21-18-11-17(20-7-4-8-22(27)26(20)21)13-25(14-18)23(28)16-5-3-6-19(24)12-16/h3,5-6,12,15,17-18,20-21H,4,7-11,13-14H2,1-2H3/t17-,18+,20+,21+/m1/s1. The van der Waals surface area contributed by atoms with Crippen LogP contribution in [0.15, 0.2) is 24.3 Å². The van der Waals surface area contributed by atoms with Crippen LogP contribution in [0.2, 0.25) is 0 Å². The van der Waals surface area contributed by atoms with Crippen LogP contribution in [-0.4, -0.2) is 46.8 Å². The van der Waals surface area contributed by atoms with E-state index in [2.05, 4.69) is 18.7 Å². The monoisotopic (exact) mass is 386 g/mol. The molecule has 1 aromatic rings. The molecule has 3 aliphatic rings. The smallest absolute Gasteiger partial charge is 0.253 e. The third-order valence-electron chi connectivity index (χ3n) is 6.90. The minimum atomic E-state index is -0.373. The normalized spacial score (nSPS) is 29.8. The number of hydrogen-bond donors (Lipinski definition) is 0. The van der Waals surface area contributed by atoms with Gasteiger partial charge in [0, 0.05) is 37.2 Å². The van der Waals surface area contributed by atoms with Gasteiger partial charge in [0.25, 0.3) is 5.91 Å². The third kappa shape index (κ3) is 3.68. The molecule has 4 rings (SSSR count). The summed E-state index contributed by atoms with van der Waals surface area (Å²) >= 11 is 0. The van der Waals surface area contributed by atoms with Crippen molar-refractivity contribution in [3.8, 4) is 0 Å². The average molecular weight is 387 g/mol. The Morgan fingerprint density at radius 2 is 2.04 bits per heavy atom. The fourth-order valence-electron chi connectivity index (χ4n) is 5.62. The van der Waals surface area contributed by atoms with Crippen molar-refractivity contribution in [2.24, 2.45) is 17.8 Å². The summed E-state index contributed by atoms with van der Waals surface area (Å²) < 4.78 is 13.6. The molecular weight excluding hydrogens is 355 g/mol. The van der Waals surface area contributed by atoms with Gasteiger partial charge in [-0.25, -0.2) is 4.39 Å². The molecule has 5 heteroatoms. The van der Waals surface area contributed by atoms with Crippen LogP contribution in [0.4, 0.5) is 4.39 Å². The fourth-order valence-corrected chi connectivity index (χ4v) is 5.62. The van der Waals surface area contributed by atoms with E-state index in [1.807, 2.05) is 4.90 Å². The van der Waals surface area contributed by atoms with Crippen molar-refractivity contribution in [3.05, 3.63) is 35.6 Å². The summed E-state index contributed by atoms with van der Waals surface area (Å²) in [4.78, 5) is 30.0. The second-order valence-corrected chi connectivity index (χ2v) is 9.28. The molecule has 2 amide bonds. The number of carbonyl (C=O) groups excluding carboxylic acids is 2. The van der Waals surface area contributed by atoms with E-state index in [0.717, 1.165) is 32.1 Å². The molecule has 3 heterocycles. The Morgan fingerprint density at radius 3 is 2.79 bits per heavy atom. The molecule has 152 valence electrons. The number of benzene rings is 1. The minimum absolute atomic E-state index is 0.0765. The first-order chi connectivity index (χ1) is 13.4. The zero-order valence-electron chi connectivity index (χ0n) is 16.9. The van der Waals surface area contributed by atoms with Crippen LogP contribution in [-0.2, 0) is 4.79 Å². The molecule has 3 fully saturated rings. The topological polar surface area (TPSA) is 40.6 Å². The number of halogens is 1. The number of fused-ring (bicyclic) bond motifs is 4. The molecule has 28 heavy (non-hydrogen) atoms. The zero-order valence-corrected chi connectivity index (χ0v) is 16.9. The largest absolute Gasteiger partial charge is 0.338 e. The van der Waals surface area contributed by atoms with E-state index in [-0.39, 0.29) is 23.8 Å². The highest BCUT2D eigenvalue weighted by molar-refractivity contribution is 5.94. The lowest BCUT2D eigenvalue weighted by molar-refractivity contribution is -0.152. The fraction of sp³-hybridized carbons (Fsp3) is 0.652. The summed E-state index contributed by atoms with van der Waals surface area (Å²) in [6, 6.07) is 6.49. The molecule has 0 saturated carbocycles. The van der Waals surface area contributed by atoms with Gasteiger partial charge in [-0.05, 0) is 68.1 Å². The summed E-state index contributed by atoms with van der Waals surface area (Å²) in [5.41, 5.74) is 0.426. The molecule has 0 radical (unpaired) electrons. The van der Waals surface area contributed by atoms with Crippen LogP contribution in [0.5, 0.6) is 0 Å². The first-order valence-electron chi connectivity index (χ1n) is 10.8. The van der Waals surface area contributed by atoms with E-state index in [0.29, 0.717) is 48.7 Å². The molecule has 1 aromatic carbocycles. The van der Waals surface area contributed by atoms with Gasteiger partial charge in [-0.1, -0.05) is 19.9 Å². The lowest BCUT2D eigenvalue weighted by atomic mass is 9.70. The molecule has 4 nitrogen and oxygen atoms in total. The van der Waals surface area contributed by atoms with Gasteiger partial charge < -0.3 is 9.80 Å². The van der Waals surface area contributed by atoms with E-state index in [1.54, 1.807) is 12.1 Å². The number of carbonyl (C=O) groups is 2. The van der Waals surface area contributed by atoms with Gasteiger partial charge in [-0.3, -0.25) is 9.59 Å². The predicted octanol–water partition coefficient (Wildman–Crippen LogP) is 4.10. The molecule has 2 bridgehead atoms. The van der Waals surface area contributed by atoms with E-state index in [9.17, 15) is 14.0 Å². The van der Waals surface area contributed by atoms with Gasteiger partial charge >= 0.3 is 0 Å². The number of likely N-dealkylation sites (tertiary alicyclic amines) is 1. The highest BCUT2D eigenvalue weighted by atomic mass is 19.1. The summed E-state index contributed by atoms with van der Waals surface area (Å²) in [5.74, 6) is 1.13. The van der Waals surface area contributed by atoms with Gasteiger partial charge in [0.05, 0.1) is 0 Å². The maximum atomic E-state index is 13.6. The molecule has 0 spiro atoms. The quantitative estimate of drug-likeness (QED) is 0.782. The number of rotatable bonds is 4. The number of nitrogens with zero attached hydrogens (tertiary/aromatic N) is 2. The van der Waals surface area contributed by atoms with Gasteiger partial charge in [-0.2, -0.15) is 0 Å². The van der Waals surface area contributed by atoms with Crippen molar-refractivity contribution >= 4 is 11.8 Å². The predicted molar refractivity (Wildman–Crippen MR) is 106 cm³/mol. The van der Waals surface area contributed by atoms with Gasteiger partial charge in [0.15, 0.2) is 0 Å². The number of piperidine rings is 3. The van der Waals surface area contributed by atoms with Gasteiger partial charge in [-0.15, -0.1) is 0 Å². The van der Waals surface area contributed by atoms with Crippen molar-refractivity contribution < 1.29 is 14.0 Å². The first-order valence-corrected chi connectivity index (χ1v) is 10.8. The molecule has 0 aliphatic carbocycles. The van der Waals surface area contributed by atoms with Gasteiger partial charge in [0.1, 0.15) is 5.82 Å². The van der Waals surface area contributed by atoms with Crippen molar-refractivity contribution in [2.75, 3.05) is 13.1 Å². The highest BCUT2D eigenvalue weighted by Gasteiger charge is 2.49.